The predicted octanol–water partition coefficient (Wildman–Crippen LogP) is 3.19. The van der Waals surface area contributed by atoms with E-state index in [1.807, 2.05) is 6.07 Å². The van der Waals surface area contributed by atoms with Crippen molar-refractivity contribution >= 4 is 27.4 Å². The number of para-hydroxylation sites is 1. The van der Waals surface area contributed by atoms with Gasteiger partial charge < -0.3 is 10.6 Å². The van der Waals surface area contributed by atoms with Crippen LogP contribution in [0, 0.1) is 0 Å². The maximum Gasteiger partial charge on any atom is 0.198 e. The van der Waals surface area contributed by atoms with Crippen LogP contribution in [0.15, 0.2) is 29.0 Å². The molecule has 1 aliphatic heterocycles. The monoisotopic (exact) mass is 332 g/mol. The summed E-state index contributed by atoms with van der Waals surface area (Å²) in [6.45, 7) is 3.95. The van der Waals surface area contributed by atoms with Crippen molar-refractivity contribution in [2.75, 3.05) is 11.9 Å². The van der Waals surface area contributed by atoms with E-state index in [0.717, 1.165) is 43.1 Å². The minimum absolute atomic E-state index is 0.648. The van der Waals surface area contributed by atoms with Gasteiger partial charge >= 0.3 is 0 Å². The first-order valence-corrected chi connectivity index (χ1v) is 7.68. The Morgan fingerprint density at radius 1 is 1.30 bits per heavy atom. The highest BCUT2D eigenvalue weighted by Crippen LogP contribution is 2.26. The second-order valence-corrected chi connectivity index (χ2v) is 5.54. The zero-order chi connectivity index (χ0) is 13.9. The van der Waals surface area contributed by atoms with Crippen molar-refractivity contribution in [1.29, 1.82) is 0 Å². The van der Waals surface area contributed by atoms with Gasteiger partial charge in [0.15, 0.2) is 4.73 Å². The molecule has 0 bridgehead atoms. The van der Waals surface area contributed by atoms with Crippen molar-refractivity contribution in [1.82, 2.24) is 15.3 Å². The van der Waals surface area contributed by atoms with Gasteiger partial charge in [0.05, 0.1) is 5.69 Å². The van der Waals surface area contributed by atoms with Crippen molar-refractivity contribution in [3.8, 4) is 0 Å². The van der Waals surface area contributed by atoms with Crippen molar-refractivity contribution in [2.45, 2.75) is 26.3 Å². The fourth-order valence-electron chi connectivity index (χ4n) is 2.49. The highest BCUT2D eigenvalue weighted by atomic mass is 79.9. The number of hydrogen-bond acceptors (Lipinski definition) is 4. The zero-order valence-corrected chi connectivity index (χ0v) is 13.0. The van der Waals surface area contributed by atoms with Gasteiger partial charge in [0.25, 0.3) is 0 Å². The van der Waals surface area contributed by atoms with E-state index >= 15 is 0 Å². The van der Waals surface area contributed by atoms with Gasteiger partial charge in [-0.1, -0.05) is 25.1 Å². The van der Waals surface area contributed by atoms with E-state index in [-0.39, 0.29) is 0 Å². The minimum atomic E-state index is 0.648. The molecule has 20 heavy (non-hydrogen) atoms. The second kappa shape index (κ2) is 5.89. The molecule has 2 aromatic rings. The second-order valence-electron chi connectivity index (χ2n) is 4.83. The summed E-state index contributed by atoms with van der Waals surface area (Å²) in [6.07, 6.45) is 1.94. The lowest BCUT2D eigenvalue weighted by molar-refractivity contribution is 0.626. The molecule has 104 valence electrons. The number of aromatic nitrogens is 2. The standard InChI is InChI=1S/C15H17BrN4/c1-2-10-5-3-4-6-12(10)18-14-11-9-17-8-7-13(11)19-15(16)20-14/h3-6,17H,2,7-9H2,1H3,(H,18,19,20). The van der Waals surface area contributed by atoms with Crippen molar-refractivity contribution < 1.29 is 0 Å². The van der Waals surface area contributed by atoms with Crippen LogP contribution in [-0.2, 0) is 19.4 Å². The third kappa shape index (κ3) is 2.69. The number of anilines is 2. The summed E-state index contributed by atoms with van der Waals surface area (Å²) in [5.74, 6) is 0.898. The quantitative estimate of drug-likeness (QED) is 0.847. The molecule has 1 aromatic heterocycles. The van der Waals surface area contributed by atoms with Gasteiger partial charge in [0.2, 0.25) is 0 Å². The number of nitrogens with zero attached hydrogens (tertiary/aromatic N) is 2. The molecule has 0 amide bonds. The van der Waals surface area contributed by atoms with Crippen LogP contribution in [0.4, 0.5) is 11.5 Å². The van der Waals surface area contributed by atoms with Crippen LogP contribution in [0.2, 0.25) is 0 Å². The SMILES string of the molecule is CCc1ccccc1Nc1nc(Br)nc2c1CNCC2. The van der Waals surface area contributed by atoms with Gasteiger partial charge in [-0.2, -0.15) is 0 Å². The Balaban J connectivity index is 2.00. The van der Waals surface area contributed by atoms with E-state index in [0.29, 0.717) is 4.73 Å². The molecule has 0 aliphatic carbocycles. The first-order chi connectivity index (χ1) is 9.78. The van der Waals surface area contributed by atoms with Crippen LogP contribution in [0.25, 0.3) is 0 Å². The summed E-state index contributed by atoms with van der Waals surface area (Å²) in [6, 6.07) is 8.35. The molecule has 0 saturated heterocycles. The van der Waals surface area contributed by atoms with E-state index < -0.39 is 0 Å². The first kappa shape index (κ1) is 13.5. The van der Waals surface area contributed by atoms with Gasteiger partial charge in [-0.25, -0.2) is 9.97 Å². The van der Waals surface area contributed by atoms with Crippen LogP contribution < -0.4 is 10.6 Å². The predicted molar refractivity (Wildman–Crippen MR) is 84.2 cm³/mol. The van der Waals surface area contributed by atoms with Gasteiger partial charge in [0, 0.05) is 30.8 Å². The van der Waals surface area contributed by atoms with Crippen LogP contribution in [0.5, 0.6) is 0 Å². The van der Waals surface area contributed by atoms with Crippen molar-refractivity contribution in [3.05, 3.63) is 45.8 Å². The topological polar surface area (TPSA) is 49.8 Å². The van der Waals surface area contributed by atoms with E-state index in [4.69, 9.17) is 0 Å². The molecule has 1 aromatic carbocycles. The lowest BCUT2D eigenvalue weighted by Crippen LogP contribution is -2.26. The fraction of sp³-hybridized carbons (Fsp3) is 0.333. The molecule has 2 N–H and O–H groups in total. The first-order valence-electron chi connectivity index (χ1n) is 6.89. The highest BCUT2D eigenvalue weighted by Gasteiger charge is 2.17. The average Bonchev–Trinajstić information content (AvgIpc) is 2.47. The van der Waals surface area contributed by atoms with Crippen LogP contribution in [0.1, 0.15) is 23.7 Å². The van der Waals surface area contributed by atoms with Gasteiger partial charge in [0.1, 0.15) is 5.82 Å². The third-order valence-corrected chi connectivity index (χ3v) is 3.91. The maximum absolute atomic E-state index is 4.51. The molecule has 0 atom stereocenters. The Labute approximate surface area is 127 Å². The van der Waals surface area contributed by atoms with Crippen LogP contribution in [0.3, 0.4) is 0 Å². The smallest absolute Gasteiger partial charge is 0.198 e. The lowest BCUT2D eigenvalue weighted by atomic mass is 10.1. The maximum atomic E-state index is 4.51. The molecule has 0 fully saturated rings. The average molecular weight is 333 g/mol. The largest absolute Gasteiger partial charge is 0.340 e. The number of halogens is 1. The summed E-state index contributed by atoms with van der Waals surface area (Å²) in [5, 5.41) is 6.85. The number of rotatable bonds is 3. The Hall–Kier alpha value is -1.46. The number of hydrogen-bond donors (Lipinski definition) is 2. The van der Waals surface area contributed by atoms with Crippen LogP contribution >= 0.6 is 15.9 Å². The molecule has 0 radical (unpaired) electrons. The highest BCUT2D eigenvalue weighted by molar-refractivity contribution is 9.10. The van der Waals surface area contributed by atoms with E-state index in [2.05, 4.69) is 61.7 Å². The van der Waals surface area contributed by atoms with Gasteiger partial charge in [-0.05, 0) is 34.0 Å². The summed E-state index contributed by atoms with van der Waals surface area (Å²) in [4.78, 5) is 9.00. The minimum Gasteiger partial charge on any atom is -0.340 e. The molecular weight excluding hydrogens is 316 g/mol. The molecule has 4 nitrogen and oxygen atoms in total. The van der Waals surface area contributed by atoms with Crippen molar-refractivity contribution in [3.63, 3.8) is 0 Å². The van der Waals surface area contributed by atoms with E-state index in [1.54, 1.807) is 0 Å². The molecule has 0 spiro atoms. The number of benzene rings is 1. The number of fused-ring (bicyclic) bond motifs is 1. The Morgan fingerprint density at radius 2 is 2.15 bits per heavy atom. The van der Waals surface area contributed by atoms with E-state index in [1.165, 1.54) is 11.1 Å². The number of nitrogens with one attached hydrogen (secondary N) is 2. The zero-order valence-electron chi connectivity index (χ0n) is 11.4. The third-order valence-electron chi connectivity index (χ3n) is 3.56. The Kier molecular flexibility index (Phi) is 3.98. The Bertz CT molecular complexity index is 627. The van der Waals surface area contributed by atoms with E-state index in [9.17, 15) is 0 Å². The molecule has 3 rings (SSSR count). The normalized spacial score (nSPS) is 13.9. The molecular formula is C15H17BrN4. The number of aryl methyl sites for hydroxylation is 1. The lowest BCUT2D eigenvalue weighted by Gasteiger charge is -2.20. The summed E-state index contributed by atoms with van der Waals surface area (Å²) < 4.78 is 0.648. The van der Waals surface area contributed by atoms with Crippen molar-refractivity contribution in [2.24, 2.45) is 0 Å². The summed E-state index contributed by atoms with van der Waals surface area (Å²) in [7, 11) is 0. The van der Waals surface area contributed by atoms with Gasteiger partial charge in [-0.3, -0.25) is 0 Å². The summed E-state index contributed by atoms with van der Waals surface area (Å²) >= 11 is 3.41. The fourth-order valence-corrected chi connectivity index (χ4v) is 2.89. The van der Waals surface area contributed by atoms with Gasteiger partial charge in [-0.15, -0.1) is 0 Å². The molecule has 1 aliphatic rings. The molecule has 0 unspecified atom stereocenters. The Morgan fingerprint density at radius 3 is 3.00 bits per heavy atom. The van der Waals surface area contributed by atoms with Crippen LogP contribution in [-0.4, -0.2) is 16.5 Å². The summed E-state index contributed by atoms with van der Waals surface area (Å²) in [5.41, 5.74) is 4.71. The molecule has 2 heterocycles. The molecule has 0 saturated carbocycles. The molecule has 5 heteroatoms.